The van der Waals surface area contributed by atoms with Gasteiger partial charge in [0.2, 0.25) is 11.7 Å². The van der Waals surface area contributed by atoms with E-state index in [1.807, 2.05) is 18.2 Å². The maximum absolute atomic E-state index is 5.36. The van der Waals surface area contributed by atoms with E-state index in [0.29, 0.717) is 34.7 Å². The molecule has 0 saturated heterocycles. The molecular formula is C20H23N5O3. The Hall–Kier alpha value is -3.55. The quantitative estimate of drug-likeness (QED) is 0.583. The Morgan fingerprint density at radius 3 is 2.29 bits per heavy atom. The van der Waals surface area contributed by atoms with E-state index >= 15 is 0 Å². The molecule has 0 spiro atoms. The Balaban J connectivity index is 1.69. The fourth-order valence-electron chi connectivity index (χ4n) is 2.70. The molecule has 3 rings (SSSR count). The first-order valence-electron chi connectivity index (χ1n) is 8.78. The SMILES string of the molecule is COc1cc(Nc2nncc(NCCc3ccccc3)n2)cc(OC)c1OC. The molecule has 0 amide bonds. The Morgan fingerprint density at radius 2 is 1.64 bits per heavy atom. The maximum atomic E-state index is 5.36. The van der Waals surface area contributed by atoms with E-state index < -0.39 is 0 Å². The summed E-state index contributed by atoms with van der Waals surface area (Å²) in [4.78, 5) is 4.44. The van der Waals surface area contributed by atoms with Crippen molar-refractivity contribution in [3.63, 3.8) is 0 Å². The van der Waals surface area contributed by atoms with Crippen LogP contribution in [0.4, 0.5) is 17.5 Å². The number of ether oxygens (including phenoxy) is 3. The number of anilines is 3. The Bertz CT molecular complexity index is 880. The summed E-state index contributed by atoms with van der Waals surface area (Å²) in [5.41, 5.74) is 1.95. The van der Waals surface area contributed by atoms with Gasteiger partial charge >= 0.3 is 0 Å². The highest BCUT2D eigenvalue weighted by Crippen LogP contribution is 2.40. The van der Waals surface area contributed by atoms with Crippen LogP contribution in [0.1, 0.15) is 5.56 Å². The van der Waals surface area contributed by atoms with Crippen LogP contribution in [-0.4, -0.2) is 43.1 Å². The van der Waals surface area contributed by atoms with Crippen molar-refractivity contribution in [3.8, 4) is 17.2 Å². The van der Waals surface area contributed by atoms with Gasteiger partial charge in [-0.15, -0.1) is 5.10 Å². The maximum Gasteiger partial charge on any atom is 0.249 e. The molecule has 0 bridgehead atoms. The summed E-state index contributed by atoms with van der Waals surface area (Å²) in [5, 5.41) is 14.4. The van der Waals surface area contributed by atoms with E-state index in [-0.39, 0.29) is 0 Å². The van der Waals surface area contributed by atoms with Gasteiger partial charge in [0.15, 0.2) is 17.3 Å². The molecule has 0 atom stereocenters. The minimum absolute atomic E-state index is 0.360. The third-order valence-corrected chi connectivity index (χ3v) is 4.04. The first kappa shape index (κ1) is 19.2. The van der Waals surface area contributed by atoms with Crippen LogP contribution < -0.4 is 24.8 Å². The van der Waals surface area contributed by atoms with Crippen molar-refractivity contribution in [2.75, 3.05) is 38.5 Å². The van der Waals surface area contributed by atoms with E-state index in [9.17, 15) is 0 Å². The summed E-state index contributed by atoms with van der Waals surface area (Å²) in [6, 6.07) is 13.8. The average Bonchev–Trinajstić information content (AvgIpc) is 2.74. The molecule has 0 aliphatic carbocycles. The van der Waals surface area contributed by atoms with E-state index in [0.717, 1.165) is 13.0 Å². The second-order valence-corrected chi connectivity index (χ2v) is 5.87. The van der Waals surface area contributed by atoms with Gasteiger partial charge < -0.3 is 24.8 Å². The number of rotatable bonds is 9. The Morgan fingerprint density at radius 1 is 0.929 bits per heavy atom. The summed E-state index contributed by atoms with van der Waals surface area (Å²) in [7, 11) is 4.69. The minimum atomic E-state index is 0.360. The van der Waals surface area contributed by atoms with Gasteiger partial charge in [0.25, 0.3) is 0 Å². The number of aromatic nitrogens is 3. The third kappa shape index (κ3) is 4.79. The Kier molecular flexibility index (Phi) is 6.46. The second-order valence-electron chi connectivity index (χ2n) is 5.87. The zero-order valence-electron chi connectivity index (χ0n) is 16.1. The number of nitrogens with zero attached hydrogens (tertiary/aromatic N) is 3. The number of benzene rings is 2. The van der Waals surface area contributed by atoms with Gasteiger partial charge in [-0.3, -0.25) is 0 Å². The van der Waals surface area contributed by atoms with Crippen molar-refractivity contribution >= 4 is 17.5 Å². The van der Waals surface area contributed by atoms with Crippen molar-refractivity contribution in [2.24, 2.45) is 0 Å². The van der Waals surface area contributed by atoms with Gasteiger partial charge in [-0.05, 0) is 12.0 Å². The van der Waals surface area contributed by atoms with E-state index in [1.54, 1.807) is 39.7 Å². The highest BCUT2D eigenvalue weighted by Gasteiger charge is 2.14. The van der Waals surface area contributed by atoms with Crippen LogP contribution in [0.5, 0.6) is 17.2 Å². The Labute approximate surface area is 163 Å². The number of nitrogens with one attached hydrogen (secondary N) is 2. The zero-order valence-corrected chi connectivity index (χ0v) is 16.1. The first-order chi connectivity index (χ1) is 13.7. The standard InChI is InChI=1S/C20H23N5O3/c1-26-16-11-15(12-17(27-2)19(16)28-3)23-20-24-18(13-22-25-20)21-10-9-14-7-5-4-6-8-14/h4-8,11-13H,9-10H2,1-3H3,(H2,21,23,24,25). The summed E-state index contributed by atoms with van der Waals surface area (Å²) in [5.74, 6) is 2.59. The summed E-state index contributed by atoms with van der Waals surface area (Å²) in [6.45, 7) is 0.742. The predicted octanol–water partition coefficient (Wildman–Crippen LogP) is 3.30. The molecule has 0 unspecified atom stereocenters. The van der Waals surface area contributed by atoms with E-state index in [2.05, 4.69) is 37.9 Å². The first-order valence-corrected chi connectivity index (χ1v) is 8.78. The lowest BCUT2D eigenvalue weighted by Gasteiger charge is -2.14. The van der Waals surface area contributed by atoms with Gasteiger partial charge in [0.05, 0.1) is 27.5 Å². The van der Waals surface area contributed by atoms with Gasteiger partial charge in [-0.25, -0.2) is 0 Å². The monoisotopic (exact) mass is 381 g/mol. The summed E-state index contributed by atoms with van der Waals surface area (Å²) < 4.78 is 16.1. The lowest BCUT2D eigenvalue weighted by molar-refractivity contribution is 0.324. The van der Waals surface area contributed by atoms with Gasteiger partial charge in [0.1, 0.15) is 0 Å². The van der Waals surface area contributed by atoms with Crippen LogP contribution in [0.15, 0.2) is 48.7 Å². The number of methoxy groups -OCH3 is 3. The normalized spacial score (nSPS) is 10.2. The van der Waals surface area contributed by atoms with Gasteiger partial charge in [-0.1, -0.05) is 30.3 Å². The van der Waals surface area contributed by atoms with Crippen molar-refractivity contribution in [2.45, 2.75) is 6.42 Å². The van der Waals surface area contributed by atoms with E-state index in [4.69, 9.17) is 14.2 Å². The molecule has 8 nitrogen and oxygen atoms in total. The highest BCUT2D eigenvalue weighted by atomic mass is 16.5. The van der Waals surface area contributed by atoms with Gasteiger partial charge in [0, 0.05) is 24.4 Å². The summed E-state index contributed by atoms with van der Waals surface area (Å²) >= 11 is 0. The van der Waals surface area contributed by atoms with Crippen molar-refractivity contribution in [3.05, 3.63) is 54.2 Å². The average molecular weight is 381 g/mol. The van der Waals surface area contributed by atoms with Crippen LogP contribution in [0, 0.1) is 0 Å². The fraction of sp³-hybridized carbons (Fsp3) is 0.250. The van der Waals surface area contributed by atoms with Crippen LogP contribution >= 0.6 is 0 Å². The molecule has 146 valence electrons. The molecule has 1 heterocycles. The number of hydrogen-bond donors (Lipinski definition) is 2. The second kappa shape index (κ2) is 9.40. The third-order valence-electron chi connectivity index (χ3n) is 4.04. The lowest BCUT2D eigenvalue weighted by atomic mass is 10.1. The van der Waals surface area contributed by atoms with Crippen LogP contribution in [0.3, 0.4) is 0 Å². The van der Waals surface area contributed by atoms with E-state index in [1.165, 1.54) is 5.56 Å². The predicted molar refractivity (Wildman–Crippen MR) is 108 cm³/mol. The molecule has 0 saturated carbocycles. The molecule has 8 heteroatoms. The molecule has 0 fully saturated rings. The topological polar surface area (TPSA) is 90.4 Å². The minimum Gasteiger partial charge on any atom is -0.493 e. The number of hydrogen-bond acceptors (Lipinski definition) is 8. The van der Waals surface area contributed by atoms with Crippen LogP contribution in [0.25, 0.3) is 0 Å². The largest absolute Gasteiger partial charge is 0.493 e. The molecule has 0 radical (unpaired) electrons. The van der Waals surface area contributed by atoms with Gasteiger partial charge in [-0.2, -0.15) is 10.1 Å². The molecule has 2 N–H and O–H groups in total. The fourth-order valence-corrected chi connectivity index (χ4v) is 2.70. The zero-order chi connectivity index (χ0) is 19.8. The molecule has 0 aliphatic heterocycles. The molecule has 28 heavy (non-hydrogen) atoms. The smallest absolute Gasteiger partial charge is 0.249 e. The lowest BCUT2D eigenvalue weighted by Crippen LogP contribution is -2.09. The van der Waals surface area contributed by atoms with Crippen LogP contribution in [-0.2, 0) is 6.42 Å². The van der Waals surface area contributed by atoms with Crippen molar-refractivity contribution < 1.29 is 14.2 Å². The molecule has 2 aromatic carbocycles. The highest BCUT2D eigenvalue weighted by molar-refractivity contribution is 5.65. The molecule has 3 aromatic rings. The molecule has 0 aliphatic rings. The van der Waals surface area contributed by atoms with Crippen molar-refractivity contribution in [1.82, 2.24) is 15.2 Å². The van der Waals surface area contributed by atoms with Crippen molar-refractivity contribution in [1.29, 1.82) is 0 Å². The van der Waals surface area contributed by atoms with Crippen LogP contribution in [0.2, 0.25) is 0 Å². The summed E-state index contributed by atoms with van der Waals surface area (Å²) in [6.07, 6.45) is 2.48. The molecule has 1 aromatic heterocycles. The molecular weight excluding hydrogens is 358 g/mol.